The number of thiazole rings is 1. The molecule has 2 atom stereocenters. The molecular formula is C13H16N5NaO8S2. The smallest absolute Gasteiger partial charge is 0.731 e. The van der Waals surface area contributed by atoms with Gasteiger partial charge < -0.3 is 25.2 Å². The monoisotopic (exact) mass is 457 g/mol. The SMILES string of the molecule is COC(=O)[C@@H]1[C@H](NC(=O)C(=NOC(C)C)c2csc(N)n2)C(=O)N1S(=O)(=O)[O-].[Na+]. The number of β-lactam (4-membered cyclic amide) rings is 1. The number of amides is 2. The van der Waals surface area contributed by atoms with Crippen molar-refractivity contribution in [2.75, 3.05) is 12.8 Å². The molecule has 1 aromatic rings. The molecule has 1 aliphatic rings. The van der Waals surface area contributed by atoms with Crippen LogP contribution in [0.4, 0.5) is 5.13 Å². The first-order valence-corrected chi connectivity index (χ1v) is 9.84. The van der Waals surface area contributed by atoms with Crippen molar-refractivity contribution in [2.24, 2.45) is 5.16 Å². The van der Waals surface area contributed by atoms with Crippen molar-refractivity contribution in [3.05, 3.63) is 11.1 Å². The number of hydrogen-bond acceptors (Lipinski definition) is 12. The van der Waals surface area contributed by atoms with Crippen LogP contribution in [0.5, 0.6) is 0 Å². The predicted molar refractivity (Wildman–Crippen MR) is 93.6 cm³/mol. The van der Waals surface area contributed by atoms with Crippen molar-refractivity contribution >= 4 is 50.3 Å². The molecule has 16 heteroatoms. The molecule has 1 aromatic heterocycles. The average molecular weight is 457 g/mol. The standard InChI is InChI=1S/C13H17N5O8S2.Na/c1-5(2)26-17-7(6-4-27-13(14)15-6)10(19)16-8-9(12(21)25-3)18(11(8)20)28(22,23)24;/h4-5,8-9H,1-3H3,(H2,14,15)(H,16,19)(H,22,23,24);/q;+1/p-1/t8-,9-;/m0./s1. The van der Waals surface area contributed by atoms with Crippen molar-refractivity contribution < 1.29 is 66.5 Å². The van der Waals surface area contributed by atoms with Gasteiger partial charge in [0.1, 0.15) is 17.8 Å². The van der Waals surface area contributed by atoms with Gasteiger partial charge in [0.2, 0.25) is 0 Å². The van der Waals surface area contributed by atoms with Gasteiger partial charge in [0.15, 0.2) is 27.2 Å². The summed E-state index contributed by atoms with van der Waals surface area (Å²) in [5, 5.41) is 7.36. The normalized spacial score (nSPS) is 19.3. The Morgan fingerprint density at radius 3 is 2.52 bits per heavy atom. The van der Waals surface area contributed by atoms with E-state index in [1.807, 2.05) is 0 Å². The van der Waals surface area contributed by atoms with Crippen molar-refractivity contribution in [3.63, 3.8) is 0 Å². The Balaban J connectivity index is 0.00000420. The number of ether oxygens (including phenoxy) is 1. The fourth-order valence-corrected chi connectivity index (χ4v) is 3.54. The summed E-state index contributed by atoms with van der Waals surface area (Å²) in [5.41, 5.74) is 5.21. The van der Waals surface area contributed by atoms with Gasteiger partial charge in [-0.1, -0.05) is 5.16 Å². The topological polar surface area (TPSA) is 193 Å². The molecule has 1 fully saturated rings. The Bertz CT molecular complexity index is 931. The van der Waals surface area contributed by atoms with Crippen LogP contribution in [0, 0.1) is 0 Å². The van der Waals surface area contributed by atoms with E-state index in [1.165, 1.54) is 5.38 Å². The maximum absolute atomic E-state index is 12.6. The number of carbonyl (C=O) groups excluding carboxylic acids is 3. The number of oxime groups is 1. The van der Waals surface area contributed by atoms with Gasteiger partial charge in [-0.15, -0.1) is 11.3 Å². The summed E-state index contributed by atoms with van der Waals surface area (Å²) < 4.78 is 37.7. The van der Waals surface area contributed by atoms with Crippen LogP contribution in [0.25, 0.3) is 0 Å². The largest absolute Gasteiger partial charge is 1.00 e. The van der Waals surface area contributed by atoms with E-state index in [9.17, 15) is 27.4 Å². The van der Waals surface area contributed by atoms with Crippen LogP contribution in [0.3, 0.4) is 0 Å². The number of rotatable bonds is 7. The van der Waals surface area contributed by atoms with Crippen LogP contribution in [-0.4, -0.2) is 71.1 Å². The third kappa shape index (κ3) is 5.64. The zero-order valence-corrected chi connectivity index (χ0v) is 19.4. The summed E-state index contributed by atoms with van der Waals surface area (Å²) in [4.78, 5) is 45.3. The summed E-state index contributed by atoms with van der Waals surface area (Å²) in [6.45, 7) is 3.29. The molecule has 0 unspecified atom stereocenters. The quantitative estimate of drug-likeness (QED) is 0.100. The van der Waals surface area contributed by atoms with Gasteiger partial charge in [-0.05, 0) is 13.8 Å². The van der Waals surface area contributed by atoms with Crippen molar-refractivity contribution in [2.45, 2.75) is 32.0 Å². The fourth-order valence-electron chi connectivity index (χ4n) is 2.17. The molecule has 0 radical (unpaired) electrons. The summed E-state index contributed by atoms with van der Waals surface area (Å²) >= 11 is 1.02. The van der Waals surface area contributed by atoms with E-state index in [0.717, 1.165) is 18.4 Å². The second-order valence-electron chi connectivity index (χ2n) is 5.68. The molecule has 0 spiro atoms. The summed E-state index contributed by atoms with van der Waals surface area (Å²) in [5.74, 6) is -3.49. The van der Waals surface area contributed by atoms with Crippen molar-refractivity contribution in [1.82, 2.24) is 14.6 Å². The van der Waals surface area contributed by atoms with Gasteiger partial charge in [0.05, 0.1) is 7.11 Å². The average Bonchev–Trinajstić information content (AvgIpc) is 3.01. The van der Waals surface area contributed by atoms with Gasteiger partial charge in [0.25, 0.3) is 11.8 Å². The van der Waals surface area contributed by atoms with Crippen LogP contribution in [0.2, 0.25) is 0 Å². The van der Waals surface area contributed by atoms with E-state index in [4.69, 9.17) is 10.6 Å². The molecule has 1 aliphatic heterocycles. The number of nitrogens with one attached hydrogen (secondary N) is 1. The van der Waals surface area contributed by atoms with Crippen LogP contribution < -0.4 is 40.6 Å². The Morgan fingerprint density at radius 1 is 1.45 bits per heavy atom. The number of nitrogens with two attached hydrogens (primary N) is 1. The minimum atomic E-state index is -5.28. The number of methoxy groups -OCH3 is 1. The summed E-state index contributed by atoms with van der Waals surface area (Å²) in [7, 11) is -4.35. The first-order chi connectivity index (χ1) is 13.0. The first-order valence-electron chi connectivity index (χ1n) is 7.60. The zero-order valence-electron chi connectivity index (χ0n) is 15.8. The second kappa shape index (κ2) is 9.82. The summed E-state index contributed by atoms with van der Waals surface area (Å²) in [6.07, 6.45) is -0.395. The Kier molecular flexibility index (Phi) is 8.55. The van der Waals surface area contributed by atoms with Crippen LogP contribution in [-0.2, 0) is 34.3 Å². The second-order valence-corrected chi connectivity index (χ2v) is 7.81. The number of carbonyl (C=O) groups is 3. The minimum absolute atomic E-state index is 0. The van der Waals surface area contributed by atoms with E-state index in [-0.39, 0.29) is 50.4 Å². The van der Waals surface area contributed by atoms with E-state index in [2.05, 4.69) is 20.2 Å². The molecule has 29 heavy (non-hydrogen) atoms. The van der Waals surface area contributed by atoms with Crippen molar-refractivity contribution in [3.8, 4) is 0 Å². The molecule has 3 N–H and O–H groups in total. The van der Waals surface area contributed by atoms with Gasteiger partial charge in [-0.25, -0.2) is 22.5 Å². The molecule has 0 bridgehead atoms. The molecule has 13 nitrogen and oxygen atoms in total. The molecule has 0 aromatic carbocycles. The molecule has 154 valence electrons. The number of anilines is 1. The number of hydrogen-bond donors (Lipinski definition) is 2. The Labute approximate surface area is 191 Å². The maximum atomic E-state index is 12.6. The van der Waals surface area contributed by atoms with Crippen LogP contribution in [0.1, 0.15) is 19.5 Å². The third-order valence-electron chi connectivity index (χ3n) is 3.36. The van der Waals surface area contributed by atoms with E-state index in [1.54, 1.807) is 13.8 Å². The van der Waals surface area contributed by atoms with Crippen LogP contribution in [0.15, 0.2) is 10.5 Å². The number of esters is 1. The van der Waals surface area contributed by atoms with Crippen LogP contribution >= 0.6 is 11.3 Å². The maximum Gasteiger partial charge on any atom is 1.00 e. The van der Waals surface area contributed by atoms with Gasteiger partial charge in [-0.3, -0.25) is 9.59 Å². The molecule has 0 aliphatic carbocycles. The van der Waals surface area contributed by atoms with E-state index in [0.29, 0.717) is 0 Å². The Morgan fingerprint density at radius 2 is 2.07 bits per heavy atom. The van der Waals surface area contributed by atoms with Gasteiger partial charge in [-0.2, -0.15) is 0 Å². The number of nitrogens with zero attached hydrogens (tertiary/aromatic N) is 3. The van der Waals surface area contributed by atoms with Crippen molar-refractivity contribution in [1.29, 1.82) is 0 Å². The molecule has 2 heterocycles. The van der Waals surface area contributed by atoms with Gasteiger partial charge >= 0.3 is 35.5 Å². The predicted octanol–water partition coefficient (Wildman–Crippen LogP) is -4.81. The molecule has 2 amide bonds. The number of aromatic nitrogens is 1. The van der Waals surface area contributed by atoms with E-state index < -0.39 is 46.3 Å². The molecule has 2 rings (SSSR count). The Hall–Kier alpha value is -1.78. The molecule has 1 saturated heterocycles. The number of nitrogen functional groups attached to an aromatic ring is 1. The fraction of sp³-hybridized carbons (Fsp3) is 0.462. The summed E-state index contributed by atoms with van der Waals surface area (Å²) in [6, 6.07) is -3.49. The molecule has 0 saturated carbocycles. The first kappa shape index (κ1) is 25.3. The zero-order chi connectivity index (χ0) is 21.2. The third-order valence-corrected chi connectivity index (χ3v) is 4.92. The van der Waals surface area contributed by atoms with Gasteiger partial charge in [0, 0.05) is 5.38 Å². The minimum Gasteiger partial charge on any atom is -0.731 e. The van der Waals surface area contributed by atoms with E-state index >= 15 is 0 Å². The molecular weight excluding hydrogens is 441 g/mol.